The van der Waals surface area contributed by atoms with E-state index in [4.69, 9.17) is 4.74 Å². The van der Waals surface area contributed by atoms with Gasteiger partial charge in [0.25, 0.3) is 0 Å². The first-order chi connectivity index (χ1) is 14.0. The van der Waals surface area contributed by atoms with Crippen molar-refractivity contribution >= 4 is 67.9 Å². The highest BCUT2D eigenvalue weighted by atomic mass is 127. The molecule has 0 amide bonds. The number of anilines is 1. The van der Waals surface area contributed by atoms with Gasteiger partial charge in [-0.1, -0.05) is 76.0 Å². The van der Waals surface area contributed by atoms with Crippen molar-refractivity contribution < 1.29 is 13.5 Å². The number of benzene rings is 1. The number of hydrogen-bond donors (Lipinski definition) is 1. The SMILES string of the molecule is C[C@H](I)CCS/C(=N\CCCI)Nc1nc(OCc2ccc(F)cc2)ncc1F. The van der Waals surface area contributed by atoms with E-state index in [1.807, 2.05) is 0 Å². The summed E-state index contributed by atoms with van der Waals surface area (Å²) < 4.78 is 34.3. The Labute approximate surface area is 201 Å². The van der Waals surface area contributed by atoms with E-state index in [1.54, 1.807) is 23.9 Å². The minimum atomic E-state index is -0.580. The maximum absolute atomic E-state index is 14.2. The van der Waals surface area contributed by atoms with Crippen LogP contribution in [0.2, 0.25) is 0 Å². The first-order valence-electron chi connectivity index (χ1n) is 9.02. The van der Waals surface area contributed by atoms with Crippen LogP contribution >= 0.6 is 56.9 Å². The number of nitrogens with zero attached hydrogens (tertiary/aromatic N) is 3. The van der Waals surface area contributed by atoms with Crippen molar-refractivity contribution in [1.29, 1.82) is 0 Å². The molecule has 1 aromatic heterocycles. The maximum Gasteiger partial charge on any atom is 0.318 e. The molecule has 1 atom stereocenters. The monoisotopic (exact) mass is 646 g/mol. The second-order valence-electron chi connectivity index (χ2n) is 6.04. The normalized spacial score (nSPS) is 12.7. The fourth-order valence-corrected chi connectivity index (χ4v) is 4.11. The molecule has 1 N–H and O–H groups in total. The second-order valence-corrected chi connectivity index (χ2v) is 10.3. The van der Waals surface area contributed by atoms with Crippen LogP contribution in [-0.2, 0) is 6.61 Å². The molecule has 29 heavy (non-hydrogen) atoms. The van der Waals surface area contributed by atoms with Gasteiger partial charge in [-0.2, -0.15) is 4.98 Å². The van der Waals surface area contributed by atoms with E-state index in [0.717, 1.165) is 34.8 Å². The van der Waals surface area contributed by atoms with Crippen LogP contribution in [-0.4, -0.2) is 35.8 Å². The Morgan fingerprint density at radius 1 is 1.31 bits per heavy atom. The van der Waals surface area contributed by atoms with Crippen molar-refractivity contribution in [3.8, 4) is 6.01 Å². The summed E-state index contributed by atoms with van der Waals surface area (Å²) in [5.41, 5.74) is 0.762. The van der Waals surface area contributed by atoms with Crippen LogP contribution in [0.25, 0.3) is 0 Å². The van der Waals surface area contributed by atoms with Gasteiger partial charge >= 0.3 is 6.01 Å². The summed E-state index contributed by atoms with van der Waals surface area (Å²) in [5.74, 6) is 0.00362. The van der Waals surface area contributed by atoms with Gasteiger partial charge in [0.1, 0.15) is 12.4 Å². The largest absolute Gasteiger partial charge is 0.459 e. The Kier molecular flexibility index (Phi) is 11.4. The second kappa shape index (κ2) is 13.5. The van der Waals surface area contributed by atoms with Crippen molar-refractivity contribution in [2.75, 3.05) is 22.0 Å². The lowest BCUT2D eigenvalue weighted by Crippen LogP contribution is -2.14. The predicted molar refractivity (Wildman–Crippen MR) is 133 cm³/mol. The topological polar surface area (TPSA) is 59.4 Å². The van der Waals surface area contributed by atoms with Gasteiger partial charge in [-0.15, -0.1) is 0 Å². The molecule has 0 saturated carbocycles. The van der Waals surface area contributed by atoms with Gasteiger partial charge in [0.15, 0.2) is 16.8 Å². The number of halogens is 4. The minimum Gasteiger partial charge on any atom is -0.459 e. The van der Waals surface area contributed by atoms with Gasteiger partial charge in [0.2, 0.25) is 0 Å². The number of nitrogens with one attached hydrogen (secondary N) is 1. The highest BCUT2D eigenvalue weighted by Gasteiger charge is 2.12. The molecule has 5 nitrogen and oxygen atoms in total. The van der Waals surface area contributed by atoms with Crippen molar-refractivity contribution in [3.63, 3.8) is 0 Å². The molecule has 0 spiro atoms. The van der Waals surface area contributed by atoms with Crippen molar-refractivity contribution in [1.82, 2.24) is 9.97 Å². The summed E-state index contributed by atoms with van der Waals surface area (Å²) in [5, 5.41) is 3.61. The third-order valence-electron chi connectivity index (χ3n) is 3.53. The third-order valence-corrected chi connectivity index (χ3v) is 5.86. The molecule has 0 saturated heterocycles. The number of hydrogen-bond acceptors (Lipinski definition) is 5. The minimum absolute atomic E-state index is 0.0253. The molecule has 10 heteroatoms. The number of amidine groups is 1. The van der Waals surface area contributed by atoms with Crippen molar-refractivity contribution in [2.45, 2.75) is 30.3 Å². The summed E-state index contributed by atoms with van der Waals surface area (Å²) in [4.78, 5) is 12.5. The summed E-state index contributed by atoms with van der Waals surface area (Å²) in [7, 11) is 0. The van der Waals surface area contributed by atoms with Crippen LogP contribution in [0.4, 0.5) is 14.6 Å². The maximum atomic E-state index is 14.2. The molecule has 0 fully saturated rings. The highest BCUT2D eigenvalue weighted by molar-refractivity contribution is 14.1. The number of aliphatic imine (C=N–C) groups is 1. The fraction of sp³-hybridized carbons (Fsp3) is 0.421. The third kappa shape index (κ3) is 9.73. The molecule has 0 radical (unpaired) electrons. The molecular formula is C19H22F2I2N4OS. The van der Waals surface area contributed by atoms with E-state index in [0.29, 0.717) is 15.6 Å². The van der Waals surface area contributed by atoms with Crippen LogP contribution < -0.4 is 10.1 Å². The van der Waals surface area contributed by atoms with E-state index in [1.165, 1.54) is 12.1 Å². The molecule has 0 unspecified atom stereocenters. The molecular weight excluding hydrogens is 624 g/mol. The zero-order valence-electron chi connectivity index (χ0n) is 15.9. The fourth-order valence-electron chi connectivity index (χ4n) is 2.02. The highest BCUT2D eigenvalue weighted by Crippen LogP contribution is 2.19. The Bertz CT molecular complexity index is 794. The average Bonchev–Trinajstić information content (AvgIpc) is 2.69. The molecule has 0 aliphatic heterocycles. The number of alkyl halides is 2. The van der Waals surface area contributed by atoms with Gasteiger partial charge < -0.3 is 10.1 Å². The summed E-state index contributed by atoms with van der Waals surface area (Å²) in [6, 6.07) is 5.96. The summed E-state index contributed by atoms with van der Waals surface area (Å²) >= 11 is 6.23. The standard InChI is InChI=1S/C19H22F2I2N4OS/c1-13(23)7-10-29-19(24-9-2-8-22)27-17-16(21)11-25-18(26-17)28-12-14-3-5-15(20)6-4-14/h3-6,11,13H,2,7-10,12H2,1H3,(H,24,25,26,27)/t13-/m0/s1. The number of rotatable bonds is 10. The molecule has 1 aromatic carbocycles. The molecule has 0 aliphatic rings. The van der Waals surface area contributed by atoms with Crippen molar-refractivity contribution in [3.05, 3.63) is 47.7 Å². The van der Waals surface area contributed by atoms with Crippen LogP contribution in [0.1, 0.15) is 25.3 Å². The first-order valence-corrected chi connectivity index (χ1v) is 12.8. The summed E-state index contributed by atoms with van der Waals surface area (Å²) in [6.07, 6.45) is 3.04. The van der Waals surface area contributed by atoms with Crippen LogP contribution in [0.3, 0.4) is 0 Å². The quantitative estimate of drug-likeness (QED) is 0.115. The Morgan fingerprint density at radius 3 is 2.76 bits per heavy atom. The van der Waals surface area contributed by atoms with Crippen LogP contribution in [0.5, 0.6) is 6.01 Å². The van der Waals surface area contributed by atoms with E-state index in [9.17, 15) is 8.78 Å². The van der Waals surface area contributed by atoms with Gasteiger partial charge in [0.05, 0.1) is 6.20 Å². The summed E-state index contributed by atoms with van der Waals surface area (Å²) in [6.45, 7) is 2.97. The van der Waals surface area contributed by atoms with Gasteiger partial charge in [-0.25, -0.2) is 13.8 Å². The first kappa shape index (κ1) is 24.5. The number of aromatic nitrogens is 2. The number of ether oxygens (including phenoxy) is 1. The Morgan fingerprint density at radius 2 is 2.07 bits per heavy atom. The van der Waals surface area contributed by atoms with E-state index < -0.39 is 5.82 Å². The van der Waals surface area contributed by atoms with Gasteiger partial charge in [-0.3, -0.25) is 4.99 Å². The van der Waals surface area contributed by atoms with E-state index in [-0.39, 0.29) is 24.3 Å². The van der Waals surface area contributed by atoms with E-state index >= 15 is 0 Å². The molecule has 2 rings (SSSR count). The van der Waals surface area contributed by atoms with Crippen molar-refractivity contribution in [2.24, 2.45) is 4.99 Å². The zero-order valence-corrected chi connectivity index (χ0v) is 21.0. The Balaban J connectivity index is 2.04. The molecule has 1 heterocycles. The van der Waals surface area contributed by atoms with Crippen LogP contribution in [0, 0.1) is 11.6 Å². The lowest BCUT2D eigenvalue weighted by atomic mass is 10.2. The molecule has 0 aliphatic carbocycles. The number of thioether (sulfide) groups is 1. The molecule has 2 aromatic rings. The average molecular weight is 646 g/mol. The lowest BCUT2D eigenvalue weighted by molar-refractivity contribution is 0.280. The molecule has 158 valence electrons. The lowest BCUT2D eigenvalue weighted by Gasteiger charge is -2.11. The van der Waals surface area contributed by atoms with Crippen LogP contribution in [0.15, 0.2) is 35.5 Å². The zero-order chi connectivity index (χ0) is 21.1. The van der Waals surface area contributed by atoms with E-state index in [2.05, 4.69) is 72.4 Å². The van der Waals surface area contributed by atoms with Gasteiger partial charge in [-0.05, 0) is 30.5 Å². The molecule has 0 bridgehead atoms. The Hall–Kier alpha value is -0.760. The van der Waals surface area contributed by atoms with Gasteiger partial charge in [0, 0.05) is 20.6 Å². The predicted octanol–water partition coefficient (Wildman–Crippen LogP) is 5.87. The smallest absolute Gasteiger partial charge is 0.318 e.